The van der Waals surface area contributed by atoms with Gasteiger partial charge in [-0.2, -0.15) is 0 Å². The first-order chi connectivity index (χ1) is 12.1. The molecule has 2 unspecified atom stereocenters. The Bertz CT molecular complexity index is 371. The second-order valence-corrected chi connectivity index (χ2v) is 7.23. The highest BCUT2D eigenvalue weighted by molar-refractivity contribution is 7.78. The number of nitrogens with one attached hydrogen (secondary N) is 1. The molecule has 0 bridgehead atoms. The summed E-state index contributed by atoms with van der Waals surface area (Å²) in [6.07, 6.45) is 15.3. The van der Waals surface area contributed by atoms with E-state index < -0.39 is 12.0 Å². The number of nitrogens with zero attached hydrogens (tertiary/aromatic N) is 1. The summed E-state index contributed by atoms with van der Waals surface area (Å²) in [4.78, 5) is 15.2. The quantitative estimate of drug-likeness (QED) is 0.187. The van der Waals surface area contributed by atoms with Gasteiger partial charge in [0.15, 0.2) is 0 Å². The van der Waals surface area contributed by atoms with Crippen LogP contribution in [0, 0.1) is 0 Å². The van der Waals surface area contributed by atoms with E-state index in [9.17, 15) is 9.90 Å². The van der Waals surface area contributed by atoms with Gasteiger partial charge in [0.2, 0.25) is 0 Å². The Morgan fingerprint density at radius 2 is 1.56 bits per heavy atom. The van der Waals surface area contributed by atoms with E-state index in [-0.39, 0.29) is 6.04 Å². The maximum atomic E-state index is 11.4. The Hall–Kier alpha value is -0.770. The topological polar surface area (TPSA) is 61.7 Å². The number of isothiocyanates is 1. The summed E-state index contributed by atoms with van der Waals surface area (Å²) < 4.78 is 0. The lowest BCUT2D eigenvalue weighted by Gasteiger charge is -2.20. The number of aliphatic carboxylic acids is 1. The number of carboxylic acids is 1. The van der Waals surface area contributed by atoms with Crippen LogP contribution < -0.4 is 5.32 Å². The van der Waals surface area contributed by atoms with Gasteiger partial charge in [-0.25, -0.2) is 4.99 Å². The van der Waals surface area contributed by atoms with Crippen molar-refractivity contribution in [3.05, 3.63) is 0 Å². The predicted molar refractivity (Wildman–Crippen MR) is 110 cm³/mol. The first-order valence-corrected chi connectivity index (χ1v) is 10.5. The molecule has 0 spiro atoms. The molecule has 2 atom stereocenters. The summed E-state index contributed by atoms with van der Waals surface area (Å²) in [7, 11) is 0. The third kappa shape index (κ3) is 16.4. The Morgan fingerprint density at radius 1 is 1.00 bits per heavy atom. The standard InChI is InChI=1S/C20H38N2O2S/c1-3-4-5-6-7-8-9-10-11-14-18(2)22-19(20(23)24)15-12-13-16-21-17-25/h18-19,22H,3-16H2,1-2H3,(H,23,24). The smallest absolute Gasteiger partial charge is 0.320 e. The van der Waals surface area contributed by atoms with Gasteiger partial charge in [-0.3, -0.25) is 4.79 Å². The summed E-state index contributed by atoms with van der Waals surface area (Å²) in [5, 5.41) is 14.9. The van der Waals surface area contributed by atoms with Crippen LogP contribution in [0.3, 0.4) is 0 Å². The SMILES string of the molecule is CCCCCCCCCCCC(C)NC(CCCCN=C=S)C(=O)O. The summed E-state index contributed by atoms with van der Waals surface area (Å²) in [5.41, 5.74) is 0. The van der Waals surface area contributed by atoms with Gasteiger partial charge in [0, 0.05) is 12.6 Å². The predicted octanol–water partition coefficient (Wildman–Crippen LogP) is 5.61. The van der Waals surface area contributed by atoms with Crippen LogP contribution in [0.2, 0.25) is 0 Å². The van der Waals surface area contributed by atoms with Crippen molar-refractivity contribution in [2.45, 2.75) is 109 Å². The average molecular weight is 371 g/mol. The molecule has 5 heteroatoms. The fraction of sp³-hybridized carbons (Fsp3) is 0.900. The number of hydrogen-bond acceptors (Lipinski definition) is 4. The Labute approximate surface area is 159 Å². The molecule has 146 valence electrons. The van der Waals surface area contributed by atoms with Crippen LogP contribution >= 0.6 is 12.2 Å². The highest BCUT2D eigenvalue weighted by atomic mass is 32.1. The van der Waals surface area contributed by atoms with E-state index in [4.69, 9.17) is 0 Å². The van der Waals surface area contributed by atoms with Crippen molar-refractivity contribution in [2.24, 2.45) is 4.99 Å². The molecule has 2 N–H and O–H groups in total. The number of aliphatic imine (C=N–C) groups is 1. The van der Waals surface area contributed by atoms with Crippen molar-refractivity contribution >= 4 is 23.3 Å². The molecule has 0 aliphatic carbocycles. The molecule has 0 amide bonds. The van der Waals surface area contributed by atoms with Gasteiger partial charge in [-0.05, 0) is 44.8 Å². The Kier molecular flexibility index (Phi) is 17.5. The molecule has 0 saturated carbocycles. The number of carbonyl (C=O) groups is 1. The van der Waals surface area contributed by atoms with Crippen molar-refractivity contribution < 1.29 is 9.90 Å². The fourth-order valence-electron chi connectivity index (χ4n) is 3.05. The van der Waals surface area contributed by atoms with E-state index in [0.717, 1.165) is 19.3 Å². The van der Waals surface area contributed by atoms with Gasteiger partial charge in [0.1, 0.15) is 6.04 Å². The minimum atomic E-state index is -0.753. The minimum absolute atomic E-state index is 0.254. The van der Waals surface area contributed by atoms with Crippen molar-refractivity contribution in [2.75, 3.05) is 6.54 Å². The molecule has 0 aromatic rings. The highest BCUT2D eigenvalue weighted by Crippen LogP contribution is 2.12. The molecule has 0 heterocycles. The van der Waals surface area contributed by atoms with Crippen molar-refractivity contribution in [3.63, 3.8) is 0 Å². The van der Waals surface area contributed by atoms with Crippen LogP contribution in [-0.2, 0) is 4.79 Å². The molecule has 0 radical (unpaired) electrons. The molecule has 0 fully saturated rings. The second kappa shape index (κ2) is 18.0. The van der Waals surface area contributed by atoms with E-state index in [1.54, 1.807) is 0 Å². The number of hydrogen-bond donors (Lipinski definition) is 2. The first kappa shape index (κ1) is 24.2. The van der Waals surface area contributed by atoms with Crippen LogP contribution in [-0.4, -0.2) is 34.9 Å². The summed E-state index contributed by atoms with van der Waals surface area (Å²) in [5.74, 6) is -0.753. The third-order valence-electron chi connectivity index (χ3n) is 4.60. The summed E-state index contributed by atoms with van der Waals surface area (Å²) in [6.45, 7) is 4.99. The molecular formula is C20H38N2O2S. The van der Waals surface area contributed by atoms with Gasteiger partial charge in [0.05, 0.1) is 5.16 Å². The fourth-order valence-corrected chi connectivity index (χ4v) is 3.14. The first-order valence-electron chi connectivity index (χ1n) is 10.1. The van der Waals surface area contributed by atoms with Crippen LogP contribution in [0.1, 0.15) is 97.3 Å². The molecule has 0 rings (SSSR count). The zero-order valence-electron chi connectivity index (χ0n) is 16.3. The molecule has 4 nitrogen and oxygen atoms in total. The lowest BCUT2D eigenvalue weighted by Crippen LogP contribution is -2.42. The molecule has 0 saturated heterocycles. The van der Waals surface area contributed by atoms with Gasteiger partial charge >= 0.3 is 5.97 Å². The van der Waals surface area contributed by atoms with E-state index >= 15 is 0 Å². The minimum Gasteiger partial charge on any atom is -0.480 e. The lowest BCUT2D eigenvalue weighted by atomic mass is 10.0. The van der Waals surface area contributed by atoms with Gasteiger partial charge in [-0.1, -0.05) is 64.7 Å². The number of rotatable bonds is 18. The normalized spacial score (nSPS) is 13.2. The third-order valence-corrected chi connectivity index (χ3v) is 4.73. The van der Waals surface area contributed by atoms with Gasteiger partial charge < -0.3 is 10.4 Å². The maximum absolute atomic E-state index is 11.4. The van der Waals surface area contributed by atoms with E-state index in [0.29, 0.717) is 13.0 Å². The van der Waals surface area contributed by atoms with Crippen LogP contribution in [0.4, 0.5) is 0 Å². The second-order valence-electron chi connectivity index (χ2n) is 7.04. The molecule has 0 aromatic heterocycles. The summed E-state index contributed by atoms with van der Waals surface area (Å²) >= 11 is 4.52. The Balaban J connectivity index is 3.69. The molecule has 0 aromatic carbocycles. The largest absolute Gasteiger partial charge is 0.480 e. The monoisotopic (exact) mass is 370 g/mol. The number of unbranched alkanes of at least 4 members (excludes halogenated alkanes) is 9. The maximum Gasteiger partial charge on any atom is 0.320 e. The number of thiocarbonyl (C=S) groups is 1. The molecule has 0 aliphatic rings. The van der Waals surface area contributed by atoms with Crippen LogP contribution in [0.15, 0.2) is 4.99 Å². The lowest BCUT2D eigenvalue weighted by molar-refractivity contribution is -0.139. The Morgan fingerprint density at radius 3 is 2.12 bits per heavy atom. The van der Waals surface area contributed by atoms with Crippen LogP contribution in [0.5, 0.6) is 0 Å². The number of carboxylic acid groups (broad SMARTS) is 1. The average Bonchev–Trinajstić information content (AvgIpc) is 2.59. The van der Waals surface area contributed by atoms with Crippen LogP contribution in [0.25, 0.3) is 0 Å². The molecular weight excluding hydrogens is 332 g/mol. The van der Waals surface area contributed by atoms with Gasteiger partial charge in [0.25, 0.3) is 0 Å². The van der Waals surface area contributed by atoms with Gasteiger partial charge in [-0.15, -0.1) is 0 Å². The zero-order valence-corrected chi connectivity index (χ0v) is 17.1. The van der Waals surface area contributed by atoms with E-state index in [1.807, 2.05) is 0 Å². The molecule has 25 heavy (non-hydrogen) atoms. The van der Waals surface area contributed by atoms with Crippen molar-refractivity contribution in [1.29, 1.82) is 0 Å². The summed E-state index contributed by atoms with van der Waals surface area (Å²) in [6, 6.07) is -0.199. The van der Waals surface area contributed by atoms with Crippen molar-refractivity contribution in [3.8, 4) is 0 Å². The highest BCUT2D eigenvalue weighted by Gasteiger charge is 2.18. The van der Waals surface area contributed by atoms with E-state index in [2.05, 4.69) is 41.5 Å². The molecule has 0 aliphatic heterocycles. The van der Waals surface area contributed by atoms with E-state index in [1.165, 1.54) is 57.8 Å². The zero-order chi connectivity index (χ0) is 18.8. The van der Waals surface area contributed by atoms with Crippen molar-refractivity contribution in [1.82, 2.24) is 5.32 Å².